The van der Waals surface area contributed by atoms with Crippen LogP contribution in [0.4, 0.5) is 0 Å². The first-order valence-corrected chi connectivity index (χ1v) is 6.58. The molecule has 0 fully saturated rings. The van der Waals surface area contributed by atoms with Gasteiger partial charge in [0, 0.05) is 11.8 Å². The summed E-state index contributed by atoms with van der Waals surface area (Å²) < 4.78 is 5.76. The number of aromatic nitrogens is 1. The second kappa shape index (κ2) is 7.56. The molecule has 1 aromatic heterocycles. The first-order chi connectivity index (χ1) is 9.06. The van der Waals surface area contributed by atoms with Gasteiger partial charge in [-0.15, -0.1) is 0 Å². The Morgan fingerprint density at radius 3 is 2.68 bits per heavy atom. The predicted octanol–water partition coefficient (Wildman–Crippen LogP) is 3.30. The van der Waals surface area contributed by atoms with Crippen molar-refractivity contribution < 1.29 is 14.6 Å². The molecule has 1 rings (SSSR count). The molecule has 0 aliphatic carbocycles. The van der Waals surface area contributed by atoms with E-state index in [4.69, 9.17) is 9.84 Å². The van der Waals surface area contributed by atoms with Gasteiger partial charge in [-0.25, -0.2) is 9.78 Å². The van der Waals surface area contributed by atoms with Crippen LogP contribution in [-0.4, -0.2) is 22.7 Å². The number of ether oxygens (including phenoxy) is 1. The summed E-state index contributed by atoms with van der Waals surface area (Å²) in [5, 5.41) is 8.67. The van der Waals surface area contributed by atoms with Gasteiger partial charge in [-0.05, 0) is 31.1 Å². The highest BCUT2D eigenvalue weighted by atomic mass is 16.5. The summed E-state index contributed by atoms with van der Waals surface area (Å²) in [4.78, 5) is 14.9. The zero-order chi connectivity index (χ0) is 14.3. The Morgan fingerprint density at radius 1 is 1.42 bits per heavy atom. The van der Waals surface area contributed by atoms with Crippen LogP contribution in [0.2, 0.25) is 0 Å². The van der Waals surface area contributed by atoms with Gasteiger partial charge >= 0.3 is 5.97 Å². The van der Waals surface area contributed by atoms with Crippen molar-refractivity contribution in [1.29, 1.82) is 0 Å². The van der Waals surface area contributed by atoms with Crippen LogP contribution in [-0.2, 0) is 4.79 Å². The number of carboxylic acid groups (broad SMARTS) is 1. The van der Waals surface area contributed by atoms with E-state index in [9.17, 15) is 4.79 Å². The van der Waals surface area contributed by atoms with E-state index in [0.717, 1.165) is 24.6 Å². The third-order valence-electron chi connectivity index (χ3n) is 3.04. The highest BCUT2D eigenvalue weighted by Gasteiger charge is 2.08. The molecule has 4 nitrogen and oxygen atoms in total. The van der Waals surface area contributed by atoms with E-state index in [0.29, 0.717) is 24.0 Å². The lowest BCUT2D eigenvalue weighted by Crippen LogP contribution is -2.11. The van der Waals surface area contributed by atoms with Crippen LogP contribution >= 0.6 is 0 Å². The number of carbonyl (C=O) groups is 1. The SMILES string of the molecule is CCC(CC)COc1ccc(C)nc1/C=C/C(=O)O. The molecule has 104 valence electrons. The van der Waals surface area contributed by atoms with E-state index in [1.54, 1.807) is 0 Å². The van der Waals surface area contributed by atoms with Gasteiger partial charge in [-0.1, -0.05) is 26.7 Å². The number of carboxylic acids is 1. The lowest BCUT2D eigenvalue weighted by Gasteiger charge is -2.15. The average molecular weight is 263 g/mol. The highest BCUT2D eigenvalue weighted by Crippen LogP contribution is 2.20. The molecule has 0 saturated heterocycles. The molecule has 0 spiro atoms. The molecule has 0 bridgehead atoms. The van der Waals surface area contributed by atoms with Gasteiger partial charge in [0.25, 0.3) is 0 Å². The number of aliphatic carboxylic acids is 1. The molecule has 0 aliphatic heterocycles. The van der Waals surface area contributed by atoms with Crippen LogP contribution < -0.4 is 4.74 Å². The van der Waals surface area contributed by atoms with Crippen LogP contribution in [0.25, 0.3) is 6.08 Å². The fourth-order valence-electron chi connectivity index (χ4n) is 1.69. The molecule has 0 radical (unpaired) electrons. The van der Waals surface area contributed by atoms with Crippen molar-refractivity contribution in [3.63, 3.8) is 0 Å². The van der Waals surface area contributed by atoms with E-state index in [2.05, 4.69) is 18.8 Å². The molecule has 0 unspecified atom stereocenters. The lowest BCUT2D eigenvalue weighted by molar-refractivity contribution is -0.131. The molecular weight excluding hydrogens is 242 g/mol. The molecule has 0 amide bonds. The van der Waals surface area contributed by atoms with E-state index in [1.165, 1.54) is 6.08 Å². The van der Waals surface area contributed by atoms with Crippen molar-refractivity contribution in [1.82, 2.24) is 4.98 Å². The van der Waals surface area contributed by atoms with Crippen molar-refractivity contribution in [2.45, 2.75) is 33.6 Å². The van der Waals surface area contributed by atoms with Gasteiger partial charge in [0.15, 0.2) is 0 Å². The maximum Gasteiger partial charge on any atom is 0.328 e. The largest absolute Gasteiger partial charge is 0.491 e. The normalized spacial score (nSPS) is 11.2. The van der Waals surface area contributed by atoms with Crippen molar-refractivity contribution in [2.75, 3.05) is 6.61 Å². The Morgan fingerprint density at radius 2 is 2.11 bits per heavy atom. The molecule has 0 aliphatic rings. The summed E-state index contributed by atoms with van der Waals surface area (Å²) in [6.07, 6.45) is 4.68. The Balaban J connectivity index is 2.84. The fraction of sp³-hybridized carbons (Fsp3) is 0.467. The van der Waals surface area contributed by atoms with Gasteiger partial charge in [-0.2, -0.15) is 0 Å². The van der Waals surface area contributed by atoms with Crippen LogP contribution in [0, 0.1) is 12.8 Å². The maximum absolute atomic E-state index is 10.6. The Kier molecular flexibility index (Phi) is 6.06. The Labute approximate surface area is 114 Å². The number of pyridine rings is 1. The molecule has 0 saturated carbocycles. The van der Waals surface area contributed by atoms with E-state index >= 15 is 0 Å². The summed E-state index contributed by atoms with van der Waals surface area (Å²) in [5.74, 6) is 0.154. The second-order valence-corrected chi connectivity index (χ2v) is 4.50. The van der Waals surface area contributed by atoms with Gasteiger partial charge in [-0.3, -0.25) is 0 Å². The second-order valence-electron chi connectivity index (χ2n) is 4.50. The van der Waals surface area contributed by atoms with Crippen LogP contribution in [0.5, 0.6) is 5.75 Å². The number of hydrogen-bond acceptors (Lipinski definition) is 3. The zero-order valence-corrected chi connectivity index (χ0v) is 11.7. The van der Waals surface area contributed by atoms with Gasteiger partial charge < -0.3 is 9.84 Å². The van der Waals surface area contributed by atoms with E-state index in [1.807, 2.05) is 19.1 Å². The predicted molar refractivity (Wildman–Crippen MR) is 75.2 cm³/mol. The quantitative estimate of drug-likeness (QED) is 0.767. The minimum Gasteiger partial charge on any atom is -0.491 e. The monoisotopic (exact) mass is 263 g/mol. The Hall–Kier alpha value is -1.84. The first kappa shape index (κ1) is 15.2. The van der Waals surface area contributed by atoms with E-state index < -0.39 is 5.97 Å². The van der Waals surface area contributed by atoms with Crippen molar-refractivity contribution >= 4 is 12.0 Å². The average Bonchev–Trinajstić information content (AvgIpc) is 2.39. The van der Waals surface area contributed by atoms with Gasteiger partial charge in [0.05, 0.1) is 6.61 Å². The van der Waals surface area contributed by atoms with Gasteiger partial charge in [0.1, 0.15) is 11.4 Å². The molecule has 0 aromatic carbocycles. The number of hydrogen-bond donors (Lipinski definition) is 1. The minimum atomic E-state index is -0.991. The van der Waals surface area contributed by atoms with Gasteiger partial charge in [0.2, 0.25) is 0 Å². The van der Waals surface area contributed by atoms with Crippen molar-refractivity contribution in [3.8, 4) is 5.75 Å². The third-order valence-corrected chi connectivity index (χ3v) is 3.04. The molecule has 4 heteroatoms. The van der Waals surface area contributed by atoms with Crippen LogP contribution in [0.15, 0.2) is 18.2 Å². The molecule has 1 aromatic rings. The Bertz CT molecular complexity index is 451. The maximum atomic E-state index is 10.6. The summed E-state index contributed by atoms with van der Waals surface area (Å²) in [5.41, 5.74) is 1.40. The summed E-state index contributed by atoms with van der Waals surface area (Å²) in [7, 11) is 0. The zero-order valence-electron chi connectivity index (χ0n) is 11.7. The van der Waals surface area contributed by atoms with Crippen molar-refractivity contribution in [2.24, 2.45) is 5.92 Å². The highest BCUT2D eigenvalue weighted by molar-refractivity contribution is 5.85. The smallest absolute Gasteiger partial charge is 0.328 e. The standard InChI is InChI=1S/C15H21NO3/c1-4-12(5-2)10-19-14-8-6-11(3)16-13(14)7-9-15(17)18/h6-9,12H,4-5,10H2,1-3H3,(H,17,18)/b9-7+. The molecule has 1 heterocycles. The lowest BCUT2D eigenvalue weighted by atomic mass is 10.1. The summed E-state index contributed by atoms with van der Waals surface area (Å²) in [6.45, 7) is 6.76. The van der Waals surface area contributed by atoms with Crippen LogP contribution in [0.1, 0.15) is 38.1 Å². The molecule has 19 heavy (non-hydrogen) atoms. The number of nitrogens with zero attached hydrogens (tertiary/aromatic N) is 1. The van der Waals surface area contributed by atoms with E-state index in [-0.39, 0.29) is 0 Å². The molecule has 0 atom stereocenters. The summed E-state index contributed by atoms with van der Waals surface area (Å²) >= 11 is 0. The van der Waals surface area contributed by atoms with Crippen molar-refractivity contribution in [3.05, 3.63) is 29.6 Å². The first-order valence-electron chi connectivity index (χ1n) is 6.58. The summed E-state index contributed by atoms with van der Waals surface area (Å²) in [6, 6.07) is 3.70. The number of aryl methyl sites for hydroxylation is 1. The fourth-order valence-corrected chi connectivity index (χ4v) is 1.69. The molecule has 1 N–H and O–H groups in total. The molecular formula is C15H21NO3. The van der Waals surface area contributed by atoms with Crippen LogP contribution in [0.3, 0.4) is 0 Å². The number of rotatable bonds is 7. The third kappa shape index (κ3) is 5.12. The topological polar surface area (TPSA) is 59.4 Å². The minimum absolute atomic E-state index is 0.512.